The molecule has 1 N–H and O–H groups in total. The van der Waals surface area contributed by atoms with Gasteiger partial charge in [-0.2, -0.15) is 8.78 Å². The van der Waals surface area contributed by atoms with Gasteiger partial charge in [0, 0.05) is 30.3 Å². The zero-order chi connectivity index (χ0) is 25.2. The minimum atomic E-state index is -3.05. The molecule has 1 aliphatic heterocycles. The smallest absolute Gasteiger partial charge is 0.387 e. The third-order valence-corrected chi connectivity index (χ3v) is 6.33. The molecule has 0 radical (unpaired) electrons. The highest BCUT2D eigenvalue weighted by molar-refractivity contribution is 5.82. The highest BCUT2D eigenvalue weighted by Crippen LogP contribution is 2.35. The van der Waals surface area contributed by atoms with E-state index in [2.05, 4.69) is 4.98 Å². The number of halogens is 2. The van der Waals surface area contributed by atoms with Crippen LogP contribution in [0, 0.1) is 6.92 Å². The van der Waals surface area contributed by atoms with Crippen LogP contribution >= 0.6 is 0 Å². The van der Waals surface area contributed by atoms with Crippen molar-refractivity contribution in [3.05, 3.63) is 71.8 Å². The third-order valence-electron chi connectivity index (χ3n) is 6.33. The Balaban J connectivity index is 1.54. The van der Waals surface area contributed by atoms with Crippen LogP contribution in [-0.4, -0.2) is 53.4 Å². The van der Waals surface area contributed by atoms with Gasteiger partial charge < -0.3 is 19.0 Å². The number of aliphatic carboxylic acids is 1. The van der Waals surface area contributed by atoms with Crippen LogP contribution in [0.2, 0.25) is 0 Å². The highest BCUT2D eigenvalue weighted by Gasteiger charge is 2.30. The van der Waals surface area contributed by atoms with Gasteiger partial charge >= 0.3 is 12.6 Å². The molecular formula is C27H24F2N2O5. The van der Waals surface area contributed by atoms with Crippen LogP contribution in [0.4, 0.5) is 8.78 Å². The first-order valence-electron chi connectivity index (χ1n) is 11.5. The van der Waals surface area contributed by atoms with Crippen LogP contribution in [-0.2, 0) is 16.1 Å². The van der Waals surface area contributed by atoms with Gasteiger partial charge in [-0.3, -0.25) is 9.69 Å². The number of carboxylic acid groups (broad SMARTS) is 1. The fraction of sp³-hybridized carbons (Fsp3) is 0.259. The van der Waals surface area contributed by atoms with Crippen LogP contribution in [0.3, 0.4) is 0 Å². The lowest BCUT2D eigenvalue weighted by molar-refractivity contribution is -0.150. The first-order chi connectivity index (χ1) is 17.4. The molecule has 0 spiro atoms. The fourth-order valence-electron chi connectivity index (χ4n) is 4.51. The molecule has 1 aromatic heterocycles. The van der Waals surface area contributed by atoms with Gasteiger partial charge in [-0.15, -0.1) is 0 Å². The molecule has 4 aromatic rings. The van der Waals surface area contributed by atoms with Crippen LogP contribution in [0.1, 0.15) is 11.1 Å². The molecule has 1 atom stereocenters. The van der Waals surface area contributed by atoms with Crippen molar-refractivity contribution in [1.82, 2.24) is 9.88 Å². The quantitative estimate of drug-likeness (QED) is 0.370. The SMILES string of the molecule is Cc1c(-c2ccccc2)cccc1-c1nc2cc(CN3CCOCC3C(=O)O)c(OC(F)F)cc2o1. The summed E-state index contributed by atoms with van der Waals surface area (Å²) in [6.45, 7) is -0.265. The maximum Gasteiger partial charge on any atom is 0.387 e. The number of hydrogen-bond acceptors (Lipinski definition) is 6. The summed E-state index contributed by atoms with van der Waals surface area (Å²) in [7, 11) is 0. The van der Waals surface area contributed by atoms with Gasteiger partial charge in [-0.05, 0) is 35.7 Å². The van der Waals surface area contributed by atoms with E-state index in [0.717, 1.165) is 22.3 Å². The number of carboxylic acids is 1. The lowest BCUT2D eigenvalue weighted by atomic mass is 9.96. The normalized spacial score (nSPS) is 16.5. The van der Waals surface area contributed by atoms with E-state index in [1.165, 1.54) is 6.07 Å². The molecule has 3 aromatic carbocycles. The zero-order valence-corrected chi connectivity index (χ0v) is 19.5. The number of fused-ring (bicyclic) bond motifs is 1. The van der Waals surface area contributed by atoms with Gasteiger partial charge in [-0.1, -0.05) is 42.5 Å². The lowest BCUT2D eigenvalue weighted by Crippen LogP contribution is -2.49. The lowest BCUT2D eigenvalue weighted by Gasteiger charge is -2.33. The van der Waals surface area contributed by atoms with Gasteiger partial charge in [0.05, 0.1) is 13.2 Å². The molecule has 7 nitrogen and oxygen atoms in total. The Morgan fingerprint density at radius 2 is 1.94 bits per heavy atom. The summed E-state index contributed by atoms with van der Waals surface area (Å²) in [6.07, 6.45) is 0. The van der Waals surface area contributed by atoms with Crippen molar-refractivity contribution < 1.29 is 32.6 Å². The molecule has 0 aliphatic carbocycles. The molecule has 1 fully saturated rings. The number of carbonyl (C=O) groups is 1. The molecule has 0 bridgehead atoms. The summed E-state index contributed by atoms with van der Waals surface area (Å²) in [5.74, 6) is -0.759. The van der Waals surface area contributed by atoms with Crippen molar-refractivity contribution in [3.8, 4) is 28.3 Å². The minimum absolute atomic E-state index is 0.0216. The average molecular weight is 494 g/mol. The van der Waals surface area contributed by atoms with Gasteiger partial charge in [0.25, 0.3) is 0 Å². The van der Waals surface area contributed by atoms with Gasteiger partial charge in [0.1, 0.15) is 17.3 Å². The van der Waals surface area contributed by atoms with Crippen molar-refractivity contribution in [2.75, 3.05) is 19.8 Å². The van der Waals surface area contributed by atoms with E-state index < -0.39 is 18.6 Å². The Hall–Kier alpha value is -3.82. The molecule has 5 rings (SSSR count). The topological polar surface area (TPSA) is 85.0 Å². The van der Waals surface area contributed by atoms with E-state index >= 15 is 0 Å². The monoisotopic (exact) mass is 494 g/mol. The van der Waals surface area contributed by atoms with Gasteiger partial charge in [0.2, 0.25) is 5.89 Å². The number of nitrogens with zero attached hydrogens (tertiary/aromatic N) is 2. The summed E-state index contributed by atoms with van der Waals surface area (Å²) in [4.78, 5) is 18.0. The number of benzene rings is 3. The van der Waals surface area contributed by atoms with E-state index in [4.69, 9.17) is 13.9 Å². The molecule has 2 heterocycles. The number of aromatic nitrogens is 1. The molecular weight excluding hydrogens is 470 g/mol. The third kappa shape index (κ3) is 4.80. The first kappa shape index (κ1) is 23.9. The van der Waals surface area contributed by atoms with E-state index in [9.17, 15) is 18.7 Å². The largest absolute Gasteiger partial charge is 0.480 e. The second-order valence-corrected chi connectivity index (χ2v) is 8.57. The van der Waals surface area contributed by atoms with Crippen molar-refractivity contribution in [3.63, 3.8) is 0 Å². The Bertz CT molecular complexity index is 1390. The van der Waals surface area contributed by atoms with Crippen molar-refractivity contribution in [1.29, 1.82) is 0 Å². The summed E-state index contributed by atoms with van der Waals surface area (Å²) < 4.78 is 42.5. The van der Waals surface area contributed by atoms with E-state index in [1.807, 2.05) is 55.5 Å². The van der Waals surface area contributed by atoms with Crippen LogP contribution in [0.5, 0.6) is 5.75 Å². The number of morpholine rings is 1. The maximum atomic E-state index is 13.2. The molecule has 186 valence electrons. The van der Waals surface area contributed by atoms with Gasteiger partial charge in [0.15, 0.2) is 5.58 Å². The molecule has 36 heavy (non-hydrogen) atoms. The Kier molecular flexibility index (Phi) is 6.67. The van der Waals surface area contributed by atoms with E-state index in [1.54, 1.807) is 11.0 Å². The molecule has 1 aliphatic rings. The van der Waals surface area contributed by atoms with E-state index in [-0.39, 0.29) is 18.9 Å². The zero-order valence-electron chi connectivity index (χ0n) is 19.5. The summed E-state index contributed by atoms with van der Waals surface area (Å²) in [5.41, 5.74) is 5.00. The number of rotatable bonds is 7. The molecule has 0 saturated carbocycles. The van der Waals surface area contributed by atoms with Crippen LogP contribution in [0.25, 0.3) is 33.7 Å². The van der Waals surface area contributed by atoms with E-state index in [0.29, 0.717) is 35.7 Å². The number of alkyl halides is 2. The van der Waals surface area contributed by atoms with Crippen molar-refractivity contribution in [2.45, 2.75) is 26.1 Å². The van der Waals surface area contributed by atoms with Gasteiger partial charge in [-0.25, -0.2) is 4.98 Å². The molecule has 1 unspecified atom stereocenters. The first-order valence-corrected chi connectivity index (χ1v) is 11.5. The van der Waals surface area contributed by atoms with Crippen LogP contribution < -0.4 is 4.74 Å². The predicted octanol–water partition coefficient (Wildman–Crippen LogP) is 5.36. The Morgan fingerprint density at radius 1 is 1.17 bits per heavy atom. The Morgan fingerprint density at radius 3 is 2.69 bits per heavy atom. The summed E-state index contributed by atoms with van der Waals surface area (Å²) in [5, 5.41) is 9.53. The summed E-state index contributed by atoms with van der Waals surface area (Å²) >= 11 is 0. The fourth-order valence-corrected chi connectivity index (χ4v) is 4.51. The second kappa shape index (κ2) is 10.0. The number of ether oxygens (including phenoxy) is 2. The predicted molar refractivity (Wildman–Crippen MR) is 129 cm³/mol. The molecule has 1 saturated heterocycles. The standard InChI is InChI=1S/C27H24F2N2O5/c1-16-19(17-6-3-2-4-7-17)8-5-9-20(16)25-30-21-12-18(23(36-27(28)29)13-24(21)35-25)14-31-10-11-34-15-22(31)26(32)33/h2-9,12-13,22,27H,10-11,14-15H2,1H3,(H,32,33). The average Bonchev–Trinajstić information content (AvgIpc) is 3.27. The van der Waals surface area contributed by atoms with Crippen molar-refractivity contribution in [2.24, 2.45) is 0 Å². The molecule has 0 amide bonds. The second-order valence-electron chi connectivity index (χ2n) is 8.57. The highest BCUT2D eigenvalue weighted by atomic mass is 19.3. The minimum Gasteiger partial charge on any atom is -0.480 e. The number of hydrogen-bond donors (Lipinski definition) is 1. The molecule has 9 heteroatoms. The summed E-state index contributed by atoms with van der Waals surface area (Å²) in [6, 6.07) is 17.9. The Labute approximate surface area is 205 Å². The number of oxazole rings is 1. The van der Waals surface area contributed by atoms with Crippen LogP contribution in [0.15, 0.2) is 65.1 Å². The van der Waals surface area contributed by atoms with Crippen molar-refractivity contribution >= 4 is 17.1 Å². The maximum absolute atomic E-state index is 13.2.